The zero-order valence-corrected chi connectivity index (χ0v) is 11.7. The Morgan fingerprint density at radius 3 is 2.57 bits per heavy atom. The minimum absolute atomic E-state index is 0.0174. The number of hydrogen-bond acceptors (Lipinski definition) is 5. The first kappa shape index (κ1) is 13.5. The van der Waals surface area contributed by atoms with Crippen LogP contribution in [0.25, 0.3) is 0 Å². The maximum Gasteiger partial charge on any atom is 0.256 e. The van der Waals surface area contributed by atoms with Crippen LogP contribution in [0.2, 0.25) is 0 Å². The van der Waals surface area contributed by atoms with Crippen LogP contribution in [0.1, 0.15) is 28.9 Å². The SMILES string of the molecule is O=C(c1cnc(NCc2ccccn2)nc1)N1CCCC1. The molecule has 0 unspecified atom stereocenters. The van der Waals surface area contributed by atoms with Crippen LogP contribution in [0.3, 0.4) is 0 Å². The maximum atomic E-state index is 12.2. The average molecular weight is 283 g/mol. The third-order valence-corrected chi connectivity index (χ3v) is 3.45. The Morgan fingerprint density at radius 1 is 1.14 bits per heavy atom. The number of hydrogen-bond donors (Lipinski definition) is 1. The summed E-state index contributed by atoms with van der Waals surface area (Å²) in [5, 5.41) is 3.09. The van der Waals surface area contributed by atoms with E-state index in [1.807, 2.05) is 23.1 Å². The number of aromatic nitrogens is 3. The van der Waals surface area contributed by atoms with E-state index in [2.05, 4.69) is 20.3 Å². The summed E-state index contributed by atoms with van der Waals surface area (Å²) in [5.41, 5.74) is 1.46. The van der Waals surface area contributed by atoms with E-state index in [4.69, 9.17) is 0 Å². The lowest BCUT2D eigenvalue weighted by molar-refractivity contribution is 0.0792. The third kappa shape index (κ3) is 3.34. The van der Waals surface area contributed by atoms with E-state index in [1.54, 1.807) is 18.6 Å². The zero-order valence-electron chi connectivity index (χ0n) is 11.7. The fourth-order valence-electron chi connectivity index (χ4n) is 2.30. The Morgan fingerprint density at radius 2 is 1.90 bits per heavy atom. The molecular weight excluding hydrogens is 266 g/mol. The lowest BCUT2D eigenvalue weighted by Crippen LogP contribution is -2.27. The minimum atomic E-state index is 0.0174. The predicted molar refractivity (Wildman–Crippen MR) is 78.7 cm³/mol. The lowest BCUT2D eigenvalue weighted by atomic mass is 10.3. The van der Waals surface area contributed by atoms with Crippen LogP contribution in [0, 0.1) is 0 Å². The number of carbonyl (C=O) groups excluding carboxylic acids is 1. The maximum absolute atomic E-state index is 12.2. The normalized spacial score (nSPS) is 14.2. The molecule has 6 nitrogen and oxygen atoms in total. The van der Waals surface area contributed by atoms with Crippen LogP contribution >= 0.6 is 0 Å². The van der Waals surface area contributed by atoms with Crippen molar-refractivity contribution in [2.75, 3.05) is 18.4 Å². The fraction of sp³-hybridized carbons (Fsp3) is 0.333. The van der Waals surface area contributed by atoms with Crippen LogP contribution in [0.4, 0.5) is 5.95 Å². The van der Waals surface area contributed by atoms with E-state index in [9.17, 15) is 4.79 Å². The second kappa shape index (κ2) is 6.30. The molecule has 6 heteroatoms. The first-order valence-corrected chi connectivity index (χ1v) is 7.08. The predicted octanol–water partition coefficient (Wildman–Crippen LogP) is 1.72. The third-order valence-electron chi connectivity index (χ3n) is 3.45. The minimum Gasteiger partial charge on any atom is -0.349 e. The Labute approximate surface area is 123 Å². The molecule has 0 saturated carbocycles. The summed E-state index contributed by atoms with van der Waals surface area (Å²) < 4.78 is 0. The van der Waals surface area contributed by atoms with Crippen molar-refractivity contribution in [1.82, 2.24) is 19.9 Å². The molecule has 3 rings (SSSR count). The molecule has 1 aliphatic heterocycles. The number of anilines is 1. The summed E-state index contributed by atoms with van der Waals surface area (Å²) in [7, 11) is 0. The van der Waals surface area contributed by atoms with Crippen LogP contribution in [0.5, 0.6) is 0 Å². The molecule has 0 aromatic carbocycles. The summed E-state index contributed by atoms with van der Waals surface area (Å²) in [6, 6.07) is 5.74. The molecule has 0 atom stereocenters. The number of rotatable bonds is 4. The van der Waals surface area contributed by atoms with Gasteiger partial charge < -0.3 is 10.2 Å². The number of nitrogens with one attached hydrogen (secondary N) is 1. The molecule has 1 fully saturated rings. The van der Waals surface area contributed by atoms with Gasteiger partial charge in [0.1, 0.15) is 0 Å². The highest BCUT2D eigenvalue weighted by atomic mass is 16.2. The van der Waals surface area contributed by atoms with Gasteiger partial charge in [0.25, 0.3) is 5.91 Å². The van der Waals surface area contributed by atoms with Crippen LogP contribution in [0.15, 0.2) is 36.8 Å². The van der Waals surface area contributed by atoms with E-state index in [1.165, 1.54) is 0 Å². The van der Waals surface area contributed by atoms with E-state index in [0.29, 0.717) is 18.1 Å². The molecule has 1 amide bonds. The van der Waals surface area contributed by atoms with Gasteiger partial charge in [-0.25, -0.2) is 9.97 Å². The molecular formula is C15H17N5O. The number of pyridine rings is 1. The van der Waals surface area contributed by atoms with Crippen molar-refractivity contribution in [3.8, 4) is 0 Å². The first-order valence-electron chi connectivity index (χ1n) is 7.08. The van der Waals surface area contributed by atoms with Crippen molar-refractivity contribution < 1.29 is 4.79 Å². The van der Waals surface area contributed by atoms with Crippen LogP contribution < -0.4 is 5.32 Å². The molecule has 0 spiro atoms. The summed E-state index contributed by atoms with van der Waals surface area (Å²) in [5.74, 6) is 0.516. The van der Waals surface area contributed by atoms with Crippen molar-refractivity contribution in [2.24, 2.45) is 0 Å². The molecule has 1 saturated heterocycles. The number of nitrogens with zero attached hydrogens (tertiary/aromatic N) is 4. The molecule has 2 aromatic heterocycles. The largest absolute Gasteiger partial charge is 0.349 e. The van der Waals surface area contributed by atoms with Gasteiger partial charge in [0.15, 0.2) is 0 Å². The van der Waals surface area contributed by atoms with Crippen molar-refractivity contribution in [2.45, 2.75) is 19.4 Å². The molecule has 1 aliphatic rings. The lowest BCUT2D eigenvalue weighted by Gasteiger charge is -2.14. The molecule has 108 valence electrons. The Bertz CT molecular complexity index is 593. The fourth-order valence-corrected chi connectivity index (χ4v) is 2.30. The van der Waals surface area contributed by atoms with Gasteiger partial charge in [0.05, 0.1) is 17.8 Å². The standard InChI is InChI=1S/C15H17N5O/c21-14(20-7-3-4-8-20)12-9-17-15(18-10-12)19-11-13-5-1-2-6-16-13/h1-2,5-6,9-10H,3-4,7-8,11H2,(H,17,18,19). The Hall–Kier alpha value is -2.50. The molecule has 2 aromatic rings. The summed E-state index contributed by atoms with van der Waals surface area (Å²) in [6.45, 7) is 2.22. The molecule has 0 radical (unpaired) electrons. The van der Waals surface area contributed by atoms with E-state index in [-0.39, 0.29) is 5.91 Å². The second-order valence-electron chi connectivity index (χ2n) is 4.97. The molecule has 1 N–H and O–H groups in total. The van der Waals surface area contributed by atoms with Gasteiger partial charge in [0, 0.05) is 31.7 Å². The van der Waals surface area contributed by atoms with Gasteiger partial charge in [-0.3, -0.25) is 9.78 Å². The van der Waals surface area contributed by atoms with Crippen molar-refractivity contribution >= 4 is 11.9 Å². The van der Waals surface area contributed by atoms with Gasteiger partial charge in [0.2, 0.25) is 5.95 Å². The van der Waals surface area contributed by atoms with Crippen molar-refractivity contribution in [1.29, 1.82) is 0 Å². The number of carbonyl (C=O) groups is 1. The van der Waals surface area contributed by atoms with E-state index < -0.39 is 0 Å². The average Bonchev–Trinajstić information content (AvgIpc) is 3.08. The first-order chi connectivity index (χ1) is 10.3. The van der Waals surface area contributed by atoms with E-state index >= 15 is 0 Å². The summed E-state index contributed by atoms with van der Waals surface area (Å²) in [4.78, 5) is 26.6. The van der Waals surface area contributed by atoms with Gasteiger partial charge in [-0.2, -0.15) is 0 Å². The second-order valence-corrected chi connectivity index (χ2v) is 4.97. The Kier molecular flexibility index (Phi) is 4.04. The topological polar surface area (TPSA) is 71.0 Å². The quantitative estimate of drug-likeness (QED) is 0.925. The summed E-state index contributed by atoms with van der Waals surface area (Å²) in [6.07, 6.45) is 7.06. The Balaban J connectivity index is 1.60. The van der Waals surface area contributed by atoms with E-state index in [0.717, 1.165) is 31.6 Å². The van der Waals surface area contributed by atoms with Gasteiger partial charge in [-0.05, 0) is 25.0 Å². The van der Waals surface area contributed by atoms with Crippen molar-refractivity contribution in [3.05, 3.63) is 48.0 Å². The molecule has 3 heterocycles. The zero-order chi connectivity index (χ0) is 14.5. The van der Waals surface area contributed by atoms with Gasteiger partial charge >= 0.3 is 0 Å². The highest BCUT2D eigenvalue weighted by Gasteiger charge is 2.19. The van der Waals surface area contributed by atoms with Gasteiger partial charge in [-0.1, -0.05) is 6.07 Å². The van der Waals surface area contributed by atoms with Gasteiger partial charge in [-0.15, -0.1) is 0 Å². The highest BCUT2D eigenvalue weighted by Crippen LogP contribution is 2.12. The van der Waals surface area contributed by atoms with Crippen LogP contribution in [-0.4, -0.2) is 38.8 Å². The molecule has 0 aliphatic carbocycles. The monoisotopic (exact) mass is 283 g/mol. The molecule has 0 bridgehead atoms. The smallest absolute Gasteiger partial charge is 0.256 e. The molecule has 21 heavy (non-hydrogen) atoms. The number of amides is 1. The summed E-state index contributed by atoms with van der Waals surface area (Å²) >= 11 is 0. The van der Waals surface area contributed by atoms with Crippen molar-refractivity contribution in [3.63, 3.8) is 0 Å². The van der Waals surface area contributed by atoms with Crippen LogP contribution in [-0.2, 0) is 6.54 Å². The number of likely N-dealkylation sites (tertiary alicyclic amines) is 1. The highest BCUT2D eigenvalue weighted by molar-refractivity contribution is 5.93.